The van der Waals surface area contributed by atoms with Gasteiger partial charge in [0.05, 0.1) is 6.61 Å². The summed E-state index contributed by atoms with van der Waals surface area (Å²) in [4.78, 5) is 16.7. The number of carbonyl (C=O) groups excluding carboxylic acids is 1. The number of benzene rings is 1. The van der Waals surface area contributed by atoms with Gasteiger partial charge in [-0.2, -0.15) is 0 Å². The fourth-order valence-corrected chi connectivity index (χ4v) is 2.64. The third-order valence-electron chi connectivity index (χ3n) is 3.91. The van der Waals surface area contributed by atoms with Crippen molar-refractivity contribution in [2.45, 2.75) is 13.5 Å². The number of carbonyl (C=O) groups is 1. The number of nitrogens with one attached hydrogen (secondary N) is 1. The predicted octanol–water partition coefficient (Wildman–Crippen LogP) is 0.546. The maximum atomic E-state index is 12.7. The molecule has 0 spiro atoms. The fourth-order valence-electron chi connectivity index (χ4n) is 2.64. The van der Waals surface area contributed by atoms with E-state index < -0.39 is 0 Å². The second-order valence-electron chi connectivity index (χ2n) is 5.29. The lowest BCUT2D eigenvalue weighted by Gasteiger charge is -2.29. The highest BCUT2D eigenvalue weighted by molar-refractivity contribution is 5.95. The van der Waals surface area contributed by atoms with Crippen molar-refractivity contribution in [3.8, 4) is 0 Å². The zero-order chi connectivity index (χ0) is 15.1. The number of hydrogen-bond donors (Lipinski definition) is 2. The molecule has 21 heavy (non-hydrogen) atoms. The van der Waals surface area contributed by atoms with E-state index >= 15 is 0 Å². The van der Waals surface area contributed by atoms with Gasteiger partial charge in [-0.05, 0) is 18.2 Å². The standard InChI is InChI=1S/C16H25N3O2/c1-2-18(11-12-20)13-14-5-3-4-6-15(14)16(21)19-9-7-17-8-10-19/h3-6,17,20H,2,7-13H2,1H3. The van der Waals surface area contributed by atoms with E-state index in [1.165, 1.54) is 0 Å². The van der Waals surface area contributed by atoms with Gasteiger partial charge in [-0.1, -0.05) is 25.1 Å². The predicted molar refractivity (Wildman–Crippen MR) is 83.3 cm³/mol. The maximum Gasteiger partial charge on any atom is 0.254 e. The molecular weight excluding hydrogens is 266 g/mol. The Balaban J connectivity index is 2.13. The van der Waals surface area contributed by atoms with Crippen molar-refractivity contribution < 1.29 is 9.90 Å². The minimum Gasteiger partial charge on any atom is -0.395 e. The SMILES string of the molecule is CCN(CCO)Cc1ccccc1C(=O)N1CCNCC1. The number of piperazine rings is 1. The van der Waals surface area contributed by atoms with Crippen LogP contribution in [0.1, 0.15) is 22.8 Å². The molecule has 0 aromatic heterocycles. The van der Waals surface area contributed by atoms with Gasteiger partial charge in [-0.3, -0.25) is 9.69 Å². The lowest BCUT2D eigenvalue weighted by atomic mass is 10.1. The monoisotopic (exact) mass is 291 g/mol. The summed E-state index contributed by atoms with van der Waals surface area (Å²) >= 11 is 0. The molecule has 0 aliphatic carbocycles. The third kappa shape index (κ3) is 4.27. The first-order chi connectivity index (χ1) is 10.3. The van der Waals surface area contributed by atoms with Crippen molar-refractivity contribution in [2.24, 2.45) is 0 Å². The Bertz CT molecular complexity index is 459. The van der Waals surface area contributed by atoms with Crippen molar-refractivity contribution in [1.29, 1.82) is 0 Å². The van der Waals surface area contributed by atoms with Gasteiger partial charge in [-0.25, -0.2) is 0 Å². The quantitative estimate of drug-likeness (QED) is 0.803. The highest BCUT2D eigenvalue weighted by atomic mass is 16.3. The Morgan fingerprint density at radius 3 is 2.71 bits per heavy atom. The van der Waals surface area contributed by atoms with E-state index in [1.54, 1.807) is 0 Å². The molecule has 0 radical (unpaired) electrons. The number of rotatable bonds is 6. The number of nitrogens with zero attached hydrogens (tertiary/aromatic N) is 2. The van der Waals surface area contributed by atoms with Crippen LogP contribution in [0.3, 0.4) is 0 Å². The molecule has 1 saturated heterocycles. The molecule has 1 aliphatic rings. The molecule has 0 unspecified atom stereocenters. The molecule has 5 heteroatoms. The van der Waals surface area contributed by atoms with E-state index in [-0.39, 0.29) is 12.5 Å². The summed E-state index contributed by atoms with van der Waals surface area (Å²) < 4.78 is 0. The lowest BCUT2D eigenvalue weighted by Crippen LogP contribution is -2.46. The first kappa shape index (κ1) is 15.9. The van der Waals surface area contributed by atoms with E-state index in [0.29, 0.717) is 13.1 Å². The number of likely N-dealkylation sites (N-methyl/N-ethyl adjacent to an activating group) is 1. The molecule has 1 aromatic rings. The van der Waals surface area contributed by atoms with Crippen molar-refractivity contribution in [3.63, 3.8) is 0 Å². The van der Waals surface area contributed by atoms with Crippen LogP contribution >= 0.6 is 0 Å². The molecule has 1 amide bonds. The summed E-state index contributed by atoms with van der Waals surface area (Å²) in [7, 11) is 0. The molecule has 0 atom stereocenters. The van der Waals surface area contributed by atoms with E-state index in [9.17, 15) is 4.79 Å². The summed E-state index contributed by atoms with van der Waals surface area (Å²) in [6.45, 7) is 7.65. The van der Waals surface area contributed by atoms with Crippen LogP contribution < -0.4 is 5.32 Å². The number of amides is 1. The molecule has 0 saturated carbocycles. The van der Waals surface area contributed by atoms with Crippen LogP contribution in [-0.2, 0) is 6.54 Å². The van der Waals surface area contributed by atoms with E-state index in [2.05, 4.69) is 17.1 Å². The normalized spacial score (nSPS) is 15.5. The van der Waals surface area contributed by atoms with Crippen molar-refractivity contribution in [2.75, 3.05) is 45.9 Å². The average molecular weight is 291 g/mol. The van der Waals surface area contributed by atoms with Crippen LogP contribution in [0.4, 0.5) is 0 Å². The Labute approximate surface area is 126 Å². The highest BCUT2D eigenvalue weighted by Crippen LogP contribution is 2.15. The van der Waals surface area contributed by atoms with Gasteiger partial charge in [0.15, 0.2) is 0 Å². The minimum atomic E-state index is 0.118. The first-order valence-corrected chi connectivity index (χ1v) is 7.67. The topological polar surface area (TPSA) is 55.8 Å². The number of hydrogen-bond acceptors (Lipinski definition) is 4. The second kappa shape index (κ2) is 8.12. The van der Waals surface area contributed by atoms with E-state index in [0.717, 1.165) is 43.9 Å². The fraction of sp³-hybridized carbons (Fsp3) is 0.562. The van der Waals surface area contributed by atoms with Gasteiger partial charge in [-0.15, -0.1) is 0 Å². The highest BCUT2D eigenvalue weighted by Gasteiger charge is 2.20. The molecule has 0 bridgehead atoms. The average Bonchev–Trinajstić information content (AvgIpc) is 2.55. The lowest BCUT2D eigenvalue weighted by molar-refractivity contribution is 0.0733. The molecule has 1 aromatic carbocycles. The Morgan fingerprint density at radius 1 is 1.33 bits per heavy atom. The van der Waals surface area contributed by atoms with Gasteiger partial charge in [0.2, 0.25) is 0 Å². The van der Waals surface area contributed by atoms with Crippen LogP contribution in [0.2, 0.25) is 0 Å². The summed E-state index contributed by atoms with van der Waals surface area (Å²) in [5.74, 6) is 0.118. The van der Waals surface area contributed by atoms with E-state index in [1.807, 2.05) is 29.2 Å². The number of aliphatic hydroxyl groups excluding tert-OH is 1. The minimum absolute atomic E-state index is 0.118. The zero-order valence-electron chi connectivity index (χ0n) is 12.7. The van der Waals surface area contributed by atoms with Crippen molar-refractivity contribution in [3.05, 3.63) is 35.4 Å². The zero-order valence-corrected chi connectivity index (χ0v) is 12.7. The van der Waals surface area contributed by atoms with Crippen LogP contribution in [0.15, 0.2) is 24.3 Å². The van der Waals surface area contributed by atoms with Crippen molar-refractivity contribution in [1.82, 2.24) is 15.1 Å². The van der Waals surface area contributed by atoms with Crippen LogP contribution in [0.25, 0.3) is 0 Å². The molecular formula is C16H25N3O2. The third-order valence-corrected chi connectivity index (χ3v) is 3.91. The summed E-state index contributed by atoms with van der Waals surface area (Å²) in [6, 6.07) is 7.81. The number of aliphatic hydroxyl groups is 1. The summed E-state index contributed by atoms with van der Waals surface area (Å²) in [5.41, 5.74) is 1.83. The molecule has 1 heterocycles. The molecule has 2 N–H and O–H groups in total. The van der Waals surface area contributed by atoms with Gasteiger partial charge >= 0.3 is 0 Å². The smallest absolute Gasteiger partial charge is 0.254 e. The first-order valence-electron chi connectivity index (χ1n) is 7.67. The summed E-state index contributed by atoms with van der Waals surface area (Å²) in [6.07, 6.45) is 0. The Hall–Kier alpha value is -1.43. The second-order valence-corrected chi connectivity index (χ2v) is 5.29. The van der Waals surface area contributed by atoms with Gasteiger partial charge in [0.1, 0.15) is 0 Å². The molecule has 2 rings (SSSR count). The molecule has 116 valence electrons. The molecule has 5 nitrogen and oxygen atoms in total. The van der Waals surface area contributed by atoms with Gasteiger partial charge < -0.3 is 15.3 Å². The van der Waals surface area contributed by atoms with Crippen LogP contribution in [-0.4, -0.2) is 66.7 Å². The summed E-state index contributed by atoms with van der Waals surface area (Å²) in [5, 5.41) is 12.4. The molecule has 1 fully saturated rings. The molecule has 1 aliphatic heterocycles. The van der Waals surface area contributed by atoms with Crippen molar-refractivity contribution >= 4 is 5.91 Å². The maximum absolute atomic E-state index is 12.7. The van der Waals surface area contributed by atoms with Gasteiger partial charge in [0.25, 0.3) is 5.91 Å². The van der Waals surface area contributed by atoms with Gasteiger partial charge in [0, 0.05) is 44.8 Å². The Kier molecular flexibility index (Phi) is 6.17. The Morgan fingerprint density at radius 2 is 2.05 bits per heavy atom. The van der Waals surface area contributed by atoms with E-state index in [4.69, 9.17) is 5.11 Å². The van der Waals surface area contributed by atoms with Crippen LogP contribution in [0.5, 0.6) is 0 Å². The largest absolute Gasteiger partial charge is 0.395 e. The van der Waals surface area contributed by atoms with Crippen LogP contribution in [0, 0.1) is 0 Å².